The normalized spacial score (nSPS) is 26.5. The highest BCUT2D eigenvalue weighted by molar-refractivity contribution is 5.24. The number of aryl methyl sites for hydroxylation is 1. The highest BCUT2D eigenvalue weighted by Crippen LogP contribution is 2.22. The summed E-state index contributed by atoms with van der Waals surface area (Å²) >= 11 is 0. The van der Waals surface area contributed by atoms with Gasteiger partial charge in [-0.15, -0.1) is 0 Å². The van der Waals surface area contributed by atoms with E-state index < -0.39 is 0 Å². The number of ether oxygens (including phenoxy) is 1. The minimum atomic E-state index is 0.226. The average molecular weight is 205 g/mol. The van der Waals surface area contributed by atoms with E-state index in [4.69, 9.17) is 4.74 Å². The van der Waals surface area contributed by atoms with Crippen LogP contribution in [0.5, 0.6) is 0 Å². The summed E-state index contributed by atoms with van der Waals surface area (Å²) in [6.07, 6.45) is 1.67. The van der Waals surface area contributed by atoms with Crippen LogP contribution in [0.2, 0.25) is 0 Å². The van der Waals surface area contributed by atoms with Crippen LogP contribution >= 0.6 is 0 Å². The summed E-state index contributed by atoms with van der Waals surface area (Å²) in [4.78, 5) is 0. The first-order chi connectivity index (χ1) is 7.29. The van der Waals surface area contributed by atoms with Crippen molar-refractivity contribution in [3.63, 3.8) is 0 Å². The quantitative estimate of drug-likeness (QED) is 0.800. The molecule has 0 radical (unpaired) electrons. The smallest absolute Gasteiger partial charge is 0.0953 e. The Bertz CT molecular complexity index is 324. The zero-order valence-electron chi connectivity index (χ0n) is 9.49. The first-order valence-corrected chi connectivity index (χ1v) is 5.72. The summed E-state index contributed by atoms with van der Waals surface area (Å²) in [5, 5.41) is 3.43. The van der Waals surface area contributed by atoms with Gasteiger partial charge >= 0.3 is 0 Å². The van der Waals surface area contributed by atoms with Crippen LogP contribution in [0.25, 0.3) is 0 Å². The molecule has 1 fully saturated rings. The third kappa shape index (κ3) is 2.58. The molecule has 0 aromatic heterocycles. The van der Waals surface area contributed by atoms with Gasteiger partial charge < -0.3 is 10.1 Å². The maximum atomic E-state index is 6.01. The molecule has 2 rings (SSSR count). The van der Waals surface area contributed by atoms with Crippen molar-refractivity contribution in [3.05, 3.63) is 35.4 Å². The molecular formula is C13H19NO. The Morgan fingerprint density at radius 1 is 1.40 bits per heavy atom. The summed E-state index contributed by atoms with van der Waals surface area (Å²) in [7, 11) is 0. The molecule has 1 saturated heterocycles. The minimum absolute atomic E-state index is 0.226. The molecule has 1 aliphatic heterocycles. The fraction of sp³-hybridized carbons (Fsp3) is 0.538. The molecule has 2 unspecified atom stereocenters. The molecule has 2 atom stereocenters. The van der Waals surface area contributed by atoms with Crippen LogP contribution in [0, 0.1) is 6.92 Å². The molecule has 0 aliphatic carbocycles. The second-order valence-electron chi connectivity index (χ2n) is 4.23. The third-order valence-electron chi connectivity index (χ3n) is 2.93. The zero-order chi connectivity index (χ0) is 10.7. The maximum Gasteiger partial charge on any atom is 0.0953 e. The number of nitrogens with one attached hydrogen (secondary N) is 1. The molecule has 1 aromatic carbocycles. The Hall–Kier alpha value is -0.860. The highest BCUT2D eigenvalue weighted by atomic mass is 16.5. The summed E-state index contributed by atoms with van der Waals surface area (Å²) in [6, 6.07) is 8.59. The molecule has 15 heavy (non-hydrogen) atoms. The molecule has 2 heteroatoms. The molecule has 1 aliphatic rings. The van der Waals surface area contributed by atoms with E-state index in [1.165, 1.54) is 11.1 Å². The fourth-order valence-corrected chi connectivity index (χ4v) is 2.01. The van der Waals surface area contributed by atoms with E-state index in [2.05, 4.69) is 43.4 Å². The lowest BCUT2D eigenvalue weighted by atomic mass is 10.0. The first-order valence-electron chi connectivity index (χ1n) is 5.72. The molecule has 1 heterocycles. The van der Waals surface area contributed by atoms with Crippen molar-refractivity contribution in [2.24, 2.45) is 0 Å². The Morgan fingerprint density at radius 2 is 2.27 bits per heavy atom. The summed E-state index contributed by atoms with van der Waals surface area (Å²) in [6.45, 7) is 6.21. The lowest BCUT2D eigenvalue weighted by Crippen LogP contribution is -2.40. The van der Waals surface area contributed by atoms with Crippen molar-refractivity contribution in [2.45, 2.75) is 32.5 Å². The van der Waals surface area contributed by atoms with E-state index in [-0.39, 0.29) is 6.10 Å². The van der Waals surface area contributed by atoms with Crippen molar-refractivity contribution in [1.29, 1.82) is 0 Å². The lowest BCUT2D eigenvalue weighted by molar-refractivity contribution is -0.0400. The number of benzene rings is 1. The number of hydrogen-bond acceptors (Lipinski definition) is 2. The van der Waals surface area contributed by atoms with Crippen molar-refractivity contribution in [3.8, 4) is 0 Å². The van der Waals surface area contributed by atoms with Gasteiger partial charge in [0, 0.05) is 13.1 Å². The summed E-state index contributed by atoms with van der Waals surface area (Å²) < 4.78 is 6.01. The summed E-state index contributed by atoms with van der Waals surface area (Å²) in [5.74, 6) is 0. The van der Waals surface area contributed by atoms with Crippen molar-refractivity contribution in [1.82, 2.24) is 5.32 Å². The Balaban J connectivity index is 2.09. The maximum absolute atomic E-state index is 6.01. The van der Waals surface area contributed by atoms with E-state index >= 15 is 0 Å². The predicted octanol–water partition coefficient (Wildman–Crippen LogP) is 2.43. The van der Waals surface area contributed by atoms with Crippen LogP contribution < -0.4 is 5.32 Å². The van der Waals surface area contributed by atoms with Gasteiger partial charge in [-0.3, -0.25) is 0 Å². The predicted molar refractivity (Wildman–Crippen MR) is 62.0 cm³/mol. The topological polar surface area (TPSA) is 21.3 Å². The van der Waals surface area contributed by atoms with Gasteiger partial charge in [0.2, 0.25) is 0 Å². The standard InChI is InChI=1S/C13H19NO/c1-3-12-8-14-9-13(15-12)11-6-4-5-10(2)7-11/h4-7,12-14H,3,8-9H2,1-2H3. The number of morpholine rings is 1. The second kappa shape index (κ2) is 4.77. The summed E-state index contributed by atoms with van der Waals surface area (Å²) in [5.41, 5.74) is 2.59. The lowest BCUT2D eigenvalue weighted by Gasteiger charge is -2.30. The molecule has 2 nitrogen and oxygen atoms in total. The van der Waals surface area contributed by atoms with Crippen LogP contribution in [-0.2, 0) is 4.74 Å². The fourth-order valence-electron chi connectivity index (χ4n) is 2.01. The van der Waals surface area contributed by atoms with Gasteiger partial charge in [-0.05, 0) is 18.9 Å². The van der Waals surface area contributed by atoms with Gasteiger partial charge in [0.15, 0.2) is 0 Å². The molecule has 82 valence electrons. The van der Waals surface area contributed by atoms with Gasteiger partial charge in [0.05, 0.1) is 12.2 Å². The van der Waals surface area contributed by atoms with E-state index in [1.807, 2.05) is 0 Å². The van der Waals surface area contributed by atoms with Crippen LogP contribution in [0.4, 0.5) is 0 Å². The van der Waals surface area contributed by atoms with Crippen LogP contribution in [0.1, 0.15) is 30.6 Å². The van der Waals surface area contributed by atoms with Crippen LogP contribution in [0.3, 0.4) is 0 Å². The van der Waals surface area contributed by atoms with Crippen molar-refractivity contribution >= 4 is 0 Å². The minimum Gasteiger partial charge on any atom is -0.368 e. The Labute approximate surface area is 91.6 Å². The van der Waals surface area contributed by atoms with Gasteiger partial charge in [-0.25, -0.2) is 0 Å². The highest BCUT2D eigenvalue weighted by Gasteiger charge is 2.21. The molecule has 0 saturated carbocycles. The molecule has 0 bridgehead atoms. The van der Waals surface area contributed by atoms with Crippen LogP contribution in [0.15, 0.2) is 24.3 Å². The van der Waals surface area contributed by atoms with Gasteiger partial charge in [-0.2, -0.15) is 0 Å². The first kappa shape index (κ1) is 10.7. The van der Waals surface area contributed by atoms with E-state index in [9.17, 15) is 0 Å². The Morgan fingerprint density at radius 3 is 3.00 bits per heavy atom. The van der Waals surface area contributed by atoms with Crippen LogP contribution in [-0.4, -0.2) is 19.2 Å². The van der Waals surface area contributed by atoms with Crippen molar-refractivity contribution in [2.75, 3.05) is 13.1 Å². The van der Waals surface area contributed by atoms with E-state index in [0.29, 0.717) is 6.10 Å². The van der Waals surface area contributed by atoms with E-state index in [1.54, 1.807) is 0 Å². The molecule has 0 amide bonds. The van der Waals surface area contributed by atoms with Crippen molar-refractivity contribution < 1.29 is 4.74 Å². The van der Waals surface area contributed by atoms with E-state index in [0.717, 1.165) is 19.5 Å². The number of hydrogen-bond donors (Lipinski definition) is 1. The zero-order valence-corrected chi connectivity index (χ0v) is 9.49. The largest absolute Gasteiger partial charge is 0.368 e. The Kier molecular flexibility index (Phi) is 3.39. The molecule has 0 spiro atoms. The number of rotatable bonds is 2. The van der Waals surface area contributed by atoms with Gasteiger partial charge in [-0.1, -0.05) is 36.8 Å². The van der Waals surface area contributed by atoms with Gasteiger partial charge in [0.1, 0.15) is 0 Å². The monoisotopic (exact) mass is 205 g/mol. The average Bonchev–Trinajstić information content (AvgIpc) is 2.29. The van der Waals surface area contributed by atoms with Gasteiger partial charge in [0.25, 0.3) is 0 Å². The SMILES string of the molecule is CCC1CNCC(c2cccc(C)c2)O1. The molecule has 1 aromatic rings. The molecular weight excluding hydrogens is 186 g/mol. The molecule has 1 N–H and O–H groups in total. The third-order valence-corrected chi connectivity index (χ3v) is 2.93. The second-order valence-corrected chi connectivity index (χ2v) is 4.23.